The number of nitrogens with one attached hydrogen (secondary N) is 1. The number of benzene rings is 1. The van der Waals surface area contributed by atoms with Crippen LogP contribution in [0.2, 0.25) is 0 Å². The van der Waals surface area contributed by atoms with E-state index in [1.54, 1.807) is 12.4 Å². The zero-order valence-corrected chi connectivity index (χ0v) is 7.95. The highest BCUT2D eigenvalue weighted by Gasteiger charge is 2.02. The summed E-state index contributed by atoms with van der Waals surface area (Å²) in [6, 6.07) is 9.66. The van der Waals surface area contributed by atoms with Gasteiger partial charge < -0.3 is 4.98 Å². The van der Waals surface area contributed by atoms with Gasteiger partial charge in [-0.05, 0) is 12.5 Å². The third-order valence-corrected chi connectivity index (χ3v) is 2.22. The smallest absolute Gasteiger partial charge is 0.192 e. The molecule has 0 bridgehead atoms. The van der Waals surface area contributed by atoms with E-state index in [0.29, 0.717) is 0 Å². The molecule has 2 heteroatoms. The first-order valence-corrected chi connectivity index (χ1v) is 4.52. The zero-order chi connectivity index (χ0) is 9.97. The molecule has 1 aromatic heterocycles. The third-order valence-electron chi connectivity index (χ3n) is 2.22. The van der Waals surface area contributed by atoms with E-state index in [1.165, 1.54) is 0 Å². The third kappa shape index (κ3) is 1.46. The molecule has 0 aliphatic rings. The second-order valence-corrected chi connectivity index (χ2v) is 3.25. The topological polar surface area (TPSA) is 32.9 Å². The summed E-state index contributed by atoms with van der Waals surface area (Å²) < 4.78 is 0. The van der Waals surface area contributed by atoms with Crippen LogP contribution in [0.5, 0.6) is 0 Å². The van der Waals surface area contributed by atoms with Gasteiger partial charge in [0.05, 0.1) is 0 Å². The molecule has 14 heavy (non-hydrogen) atoms. The molecule has 0 spiro atoms. The summed E-state index contributed by atoms with van der Waals surface area (Å²) in [6.45, 7) is 1.81. The standard InChI is InChI=1S/C12H11NO/c1-9-7-13-8-11(12(9)14)10-5-3-2-4-6-10/h2-8H,1H3,(H,13,14). The van der Waals surface area contributed by atoms with E-state index in [0.717, 1.165) is 16.7 Å². The molecule has 2 rings (SSSR count). The van der Waals surface area contributed by atoms with Gasteiger partial charge in [0.1, 0.15) is 0 Å². The van der Waals surface area contributed by atoms with Crippen LogP contribution in [-0.2, 0) is 0 Å². The Morgan fingerprint density at radius 3 is 2.50 bits per heavy atom. The first-order valence-electron chi connectivity index (χ1n) is 4.52. The Balaban J connectivity index is 2.64. The lowest BCUT2D eigenvalue weighted by molar-refractivity contribution is 1.24. The second kappa shape index (κ2) is 3.50. The summed E-state index contributed by atoms with van der Waals surface area (Å²) in [7, 11) is 0. The van der Waals surface area contributed by atoms with Gasteiger partial charge in [-0.2, -0.15) is 0 Å². The minimum atomic E-state index is 0.0925. The highest BCUT2D eigenvalue weighted by molar-refractivity contribution is 5.62. The van der Waals surface area contributed by atoms with Gasteiger partial charge in [-0.25, -0.2) is 0 Å². The summed E-state index contributed by atoms with van der Waals surface area (Å²) in [4.78, 5) is 14.7. The number of H-pyrrole nitrogens is 1. The lowest BCUT2D eigenvalue weighted by atomic mass is 10.1. The average molecular weight is 185 g/mol. The minimum Gasteiger partial charge on any atom is -0.367 e. The fourth-order valence-corrected chi connectivity index (χ4v) is 1.43. The van der Waals surface area contributed by atoms with Gasteiger partial charge in [0.25, 0.3) is 0 Å². The number of hydrogen-bond acceptors (Lipinski definition) is 1. The van der Waals surface area contributed by atoms with Crippen LogP contribution < -0.4 is 5.43 Å². The maximum absolute atomic E-state index is 11.7. The van der Waals surface area contributed by atoms with E-state index in [2.05, 4.69) is 4.98 Å². The maximum atomic E-state index is 11.7. The van der Waals surface area contributed by atoms with E-state index >= 15 is 0 Å². The van der Waals surface area contributed by atoms with Crippen molar-refractivity contribution in [3.05, 3.63) is 58.5 Å². The van der Waals surface area contributed by atoms with E-state index in [1.807, 2.05) is 37.3 Å². The highest BCUT2D eigenvalue weighted by atomic mass is 16.1. The van der Waals surface area contributed by atoms with Gasteiger partial charge in [0.2, 0.25) is 0 Å². The summed E-state index contributed by atoms with van der Waals surface area (Å²) in [5, 5.41) is 0. The molecule has 0 unspecified atom stereocenters. The van der Waals surface area contributed by atoms with Crippen LogP contribution in [0.25, 0.3) is 11.1 Å². The SMILES string of the molecule is Cc1c[nH]cc(-c2ccccc2)c1=O. The Labute approximate surface area is 82.2 Å². The van der Waals surface area contributed by atoms with Crippen LogP contribution in [0.15, 0.2) is 47.5 Å². The molecule has 1 heterocycles. The molecule has 70 valence electrons. The van der Waals surface area contributed by atoms with Crippen LogP contribution in [0.1, 0.15) is 5.56 Å². The van der Waals surface area contributed by atoms with Crippen molar-refractivity contribution in [1.29, 1.82) is 0 Å². The number of rotatable bonds is 1. The van der Waals surface area contributed by atoms with E-state index in [4.69, 9.17) is 0 Å². The minimum absolute atomic E-state index is 0.0925. The molecule has 0 fully saturated rings. The van der Waals surface area contributed by atoms with Crippen LogP contribution in [0.4, 0.5) is 0 Å². The monoisotopic (exact) mass is 185 g/mol. The lowest BCUT2D eigenvalue weighted by Crippen LogP contribution is -2.08. The zero-order valence-electron chi connectivity index (χ0n) is 7.95. The van der Waals surface area contributed by atoms with Crippen LogP contribution >= 0.6 is 0 Å². The highest BCUT2D eigenvalue weighted by Crippen LogP contribution is 2.13. The predicted octanol–water partition coefficient (Wildman–Crippen LogP) is 2.35. The van der Waals surface area contributed by atoms with E-state index in [9.17, 15) is 4.79 Å². The summed E-state index contributed by atoms with van der Waals surface area (Å²) in [5.41, 5.74) is 2.52. The Kier molecular flexibility index (Phi) is 2.19. The van der Waals surface area contributed by atoms with Crippen molar-refractivity contribution in [2.75, 3.05) is 0 Å². The molecule has 1 N–H and O–H groups in total. The molecule has 2 aromatic rings. The average Bonchev–Trinajstić information content (AvgIpc) is 2.23. The van der Waals surface area contributed by atoms with Crippen LogP contribution in [-0.4, -0.2) is 4.98 Å². The molecule has 0 aliphatic heterocycles. The lowest BCUT2D eigenvalue weighted by Gasteiger charge is -2.00. The Morgan fingerprint density at radius 1 is 1.07 bits per heavy atom. The fourth-order valence-electron chi connectivity index (χ4n) is 1.43. The van der Waals surface area contributed by atoms with Gasteiger partial charge in [-0.1, -0.05) is 30.3 Å². The molecule has 0 amide bonds. The van der Waals surface area contributed by atoms with Gasteiger partial charge in [-0.15, -0.1) is 0 Å². The van der Waals surface area contributed by atoms with Crippen LogP contribution in [0, 0.1) is 6.92 Å². The van der Waals surface area contributed by atoms with Crippen molar-refractivity contribution < 1.29 is 0 Å². The quantitative estimate of drug-likeness (QED) is 0.726. The Bertz CT molecular complexity index is 485. The molecule has 0 atom stereocenters. The van der Waals surface area contributed by atoms with Crippen molar-refractivity contribution >= 4 is 0 Å². The van der Waals surface area contributed by atoms with Crippen LogP contribution in [0.3, 0.4) is 0 Å². The fraction of sp³-hybridized carbons (Fsp3) is 0.0833. The van der Waals surface area contributed by atoms with Crippen molar-refractivity contribution in [2.45, 2.75) is 6.92 Å². The number of pyridine rings is 1. The second-order valence-electron chi connectivity index (χ2n) is 3.25. The molecule has 0 radical (unpaired) electrons. The van der Waals surface area contributed by atoms with Gasteiger partial charge in [0.15, 0.2) is 5.43 Å². The van der Waals surface area contributed by atoms with Gasteiger partial charge >= 0.3 is 0 Å². The predicted molar refractivity (Wildman–Crippen MR) is 57.2 cm³/mol. The number of aromatic amines is 1. The summed E-state index contributed by atoms with van der Waals surface area (Å²) >= 11 is 0. The maximum Gasteiger partial charge on any atom is 0.192 e. The molecule has 0 saturated carbocycles. The van der Waals surface area contributed by atoms with E-state index in [-0.39, 0.29) is 5.43 Å². The number of aromatic nitrogens is 1. The molecule has 1 aromatic carbocycles. The Morgan fingerprint density at radius 2 is 1.79 bits per heavy atom. The van der Waals surface area contributed by atoms with Gasteiger partial charge in [-0.3, -0.25) is 4.79 Å². The van der Waals surface area contributed by atoms with Crippen molar-refractivity contribution in [3.63, 3.8) is 0 Å². The van der Waals surface area contributed by atoms with Crippen molar-refractivity contribution in [1.82, 2.24) is 4.98 Å². The first kappa shape index (κ1) is 8.75. The Hall–Kier alpha value is -1.83. The largest absolute Gasteiger partial charge is 0.367 e. The molecular weight excluding hydrogens is 174 g/mol. The molecule has 0 aliphatic carbocycles. The molecular formula is C12H11NO. The van der Waals surface area contributed by atoms with E-state index < -0.39 is 0 Å². The summed E-state index contributed by atoms with van der Waals surface area (Å²) in [5.74, 6) is 0. The number of aryl methyl sites for hydroxylation is 1. The summed E-state index contributed by atoms with van der Waals surface area (Å²) in [6.07, 6.45) is 3.46. The number of hydrogen-bond donors (Lipinski definition) is 1. The molecule has 2 nitrogen and oxygen atoms in total. The van der Waals surface area contributed by atoms with Gasteiger partial charge in [0, 0.05) is 23.5 Å². The normalized spacial score (nSPS) is 10.1. The van der Waals surface area contributed by atoms with Crippen molar-refractivity contribution in [3.8, 4) is 11.1 Å². The van der Waals surface area contributed by atoms with Crippen molar-refractivity contribution in [2.24, 2.45) is 0 Å². The first-order chi connectivity index (χ1) is 6.79. The molecule has 0 saturated heterocycles.